The van der Waals surface area contributed by atoms with Gasteiger partial charge in [0.1, 0.15) is 4.21 Å². The van der Waals surface area contributed by atoms with Gasteiger partial charge in [-0.2, -0.15) is 4.31 Å². The summed E-state index contributed by atoms with van der Waals surface area (Å²) in [4.78, 5) is 14.0. The topological polar surface area (TPSA) is 76.2 Å². The first kappa shape index (κ1) is 20.0. The Morgan fingerprint density at radius 3 is 2.69 bits per heavy atom. The summed E-state index contributed by atoms with van der Waals surface area (Å²) in [7, 11) is -3.53. The first-order chi connectivity index (χ1) is 12.5. The number of carbonyl (C=O) groups excluding carboxylic acids is 1. The highest BCUT2D eigenvalue weighted by atomic mass is 35.5. The lowest BCUT2D eigenvalue weighted by atomic mass is 10.2. The first-order valence-electron chi connectivity index (χ1n) is 8.69. The van der Waals surface area contributed by atoms with Crippen molar-refractivity contribution in [3.63, 3.8) is 0 Å². The molecule has 0 N–H and O–H groups in total. The molecule has 7 nitrogen and oxygen atoms in total. The molecule has 3 rings (SSSR count). The number of carbonyl (C=O) groups is 1. The van der Waals surface area contributed by atoms with Crippen molar-refractivity contribution < 1.29 is 22.7 Å². The summed E-state index contributed by atoms with van der Waals surface area (Å²) in [5.74, 6) is -0.00597. The van der Waals surface area contributed by atoms with Gasteiger partial charge in [-0.15, -0.1) is 11.3 Å². The molecule has 2 aliphatic rings. The zero-order valence-electron chi connectivity index (χ0n) is 14.4. The molecular formula is C16H23ClN2O5S2. The number of amides is 1. The summed E-state index contributed by atoms with van der Waals surface area (Å²) in [6.07, 6.45) is 2.54. The third-order valence-electron chi connectivity index (χ3n) is 4.52. The molecule has 2 aliphatic heterocycles. The number of piperazine rings is 1. The largest absolute Gasteiger partial charge is 0.378 e. The molecule has 0 aliphatic carbocycles. The summed E-state index contributed by atoms with van der Waals surface area (Å²) in [6.45, 7) is 3.05. The van der Waals surface area contributed by atoms with Crippen LogP contribution in [0.2, 0.25) is 4.34 Å². The number of halogens is 1. The molecule has 2 fully saturated rings. The molecule has 26 heavy (non-hydrogen) atoms. The molecule has 1 atom stereocenters. The second kappa shape index (κ2) is 8.99. The third kappa shape index (κ3) is 4.96. The van der Waals surface area contributed by atoms with E-state index in [1.807, 2.05) is 0 Å². The fourth-order valence-electron chi connectivity index (χ4n) is 3.05. The molecule has 0 spiro atoms. The maximum atomic E-state index is 12.6. The minimum absolute atomic E-state index is 0.00597. The second-order valence-corrected chi connectivity index (χ2v) is 10.2. The van der Waals surface area contributed by atoms with Crippen LogP contribution in [0, 0.1) is 0 Å². The van der Waals surface area contributed by atoms with E-state index in [-0.39, 0.29) is 16.2 Å². The molecule has 146 valence electrons. The molecule has 1 aromatic heterocycles. The van der Waals surface area contributed by atoms with Crippen molar-refractivity contribution in [3.8, 4) is 0 Å². The number of ether oxygens (including phenoxy) is 2. The van der Waals surface area contributed by atoms with Gasteiger partial charge in [0.2, 0.25) is 5.91 Å². The molecule has 0 aromatic carbocycles. The number of thiophene rings is 1. The SMILES string of the molecule is O=C(CCOCC1CCCO1)N1CCN(S(=O)(=O)c2ccc(Cl)s2)CC1. The van der Waals surface area contributed by atoms with E-state index < -0.39 is 10.0 Å². The van der Waals surface area contributed by atoms with Gasteiger partial charge in [-0.1, -0.05) is 11.6 Å². The van der Waals surface area contributed by atoms with E-state index in [1.54, 1.807) is 11.0 Å². The van der Waals surface area contributed by atoms with Gasteiger partial charge in [-0.25, -0.2) is 8.42 Å². The van der Waals surface area contributed by atoms with Crippen LogP contribution in [0.15, 0.2) is 16.3 Å². The average molecular weight is 423 g/mol. The van der Waals surface area contributed by atoms with Crippen LogP contribution in [0.4, 0.5) is 0 Å². The van der Waals surface area contributed by atoms with Crippen molar-refractivity contribution >= 4 is 38.9 Å². The molecule has 1 unspecified atom stereocenters. The fraction of sp³-hybridized carbons (Fsp3) is 0.688. The fourth-order valence-corrected chi connectivity index (χ4v) is 6.11. The number of nitrogens with zero attached hydrogens (tertiary/aromatic N) is 2. The average Bonchev–Trinajstić information content (AvgIpc) is 3.30. The van der Waals surface area contributed by atoms with Crippen LogP contribution in [0.3, 0.4) is 0 Å². The lowest BCUT2D eigenvalue weighted by molar-refractivity contribution is -0.133. The Labute approximate surface area is 162 Å². The zero-order valence-corrected chi connectivity index (χ0v) is 16.8. The van der Waals surface area contributed by atoms with Crippen molar-refractivity contribution in [2.75, 3.05) is 46.0 Å². The number of rotatable bonds is 7. The van der Waals surface area contributed by atoms with Gasteiger partial charge in [0.25, 0.3) is 10.0 Å². The Morgan fingerprint density at radius 2 is 2.08 bits per heavy atom. The molecule has 0 radical (unpaired) electrons. The zero-order chi connectivity index (χ0) is 18.6. The summed E-state index contributed by atoms with van der Waals surface area (Å²) >= 11 is 6.88. The van der Waals surface area contributed by atoms with E-state index in [0.29, 0.717) is 50.1 Å². The van der Waals surface area contributed by atoms with Gasteiger partial charge in [-0.3, -0.25) is 4.79 Å². The molecule has 0 bridgehead atoms. The quantitative estimate of drug-likeness (QED) is 0.626. The van der Waals surface area contributed by atoms with Gasteiger partial charge in [0.15, 0.2) is 0 Å². The first-order valence-corrected chi connectivity index (χ1v) is 11.3. The monoisotopic (exact) mass is 422 g/mol. The highest BCUT2D eigenvalue weighted by Gasteiger charge is 2.31. The minimum Gasteiger partial charge on any atom is -0.378 e. The van der Waals surface area contributed by atoms with Crippen molar-refractivity contribution in [1.82, 2.24) is 9.21 Å². The highest BCUT2D eigenvalue weighted by molar-refractivity contribution is 7.91. The van der Waals surface area contributed by atoms with E-state index in [4.69, 9.17) is 21.1 Å². The standard InChI is InChI=1S/C16H23ClN2O5S2/c17-14-3-4-16(25-14)26(21,22)19-8-6-18(7-9-19)15(20)5-11-23-12-13-2-1-10-24-13/h3-4,13H,1-2,5-12H2. The number of hydrogen-bond donors (Lipinski definition) is 0. The maximum absolute atomic E-state index is 12.6. The highest BCUT2D eigenvalue weighted by Crippen LogP contribution is 2.28. The maximum Gasteiger partial charge on any atom is 0.252 e. The van der Waals surface area contributed by atoms with E-state index >= 15 is 0 Å². The Morgan fingerprint density at radius 1 is 1.31 bits per heavy atom. The van der Waals surface area contributed by atoms with Crippen molar-refractivity contribution in [2.45, 2.75) is 29.6 Å². The molecule has 1 amide bonds. The molecule has 0 saturated carbocycles. The minimum atomic E-state index is -3.53. The van der Waals surface area contributed by atoms with E-state index in [9.17, 15) is 13.2 Å². The van der Waals surface area contributed by atoms with Crippen LogP contribution >= 0.6 is 22.9 Å². The summed E-state index contributed by atoms with van der Waals surface area (Å²) < 4.78 is 38.2. The van der Waals surface area contributed by atoms with Crippen LogP contribution in [-0.2, 0) is 24.3 Å². The van der Waals surface area contributed by atoms with Gasteiger partial charge in [0, 0.05) is 32.8 Å². The van der Waals surface area contributed by atoms with Crippen molar-refractivity contribution in [2.24, 2.45) is 0 Å². The lowest BCUT2D eigenvalue weighted by Crippen LogP contribution is -2.50. The van der Waals surface area contributed by atoms with Gasteiger partial charge in [-0.05, 0) is 25.0 Å². The van der Waals surface area contributed by atoms with Crippen molar-refractivity contribution in [3.05, 3.63) is 16.5 Å². The van der Waals surface area contributed by atoms with Crippen molar-refractivity contribution in [1.29, 1.82) is 0 Å². The van der Waals surface area contributed by atoms with E-state index in [2.05, 4.69) is 0 Å². The third-order valence-corrected chi connectivity index (χ3v) is 8.12. The molecule has 3 heterocycles. The molecule has 2 saturated heterocycles. The Kier molecular flexibility index (Phi) is 6.92. The normalized spacial score (nSPS) is 22.0. The predicted octanol–water partition coefficient (Wildman–Crippen LogP) is 1.82. The van der Waals surface area contributed by atoms with E-state index in [1.165, 1.54) is 10.4 Å². The predicted molar refractivity (Wildman–Crippen MR) is 99.1 cm³/mol. The van der Waals surface area contributed by atoms with Crippen LogP contribution in [0.25, 0.3) is 0 Å². The number of hydrogen-bond acceptors (Lipinski definition) is 6. The van der Waals surface area contributed by atoms with Gasteiger partial charge < -0.3 is 14.4 Å². The Balaban J connectivity index is 1.40. The summed E-state index contributed by atoms with van der Waals surface area (Å²) in [5.41, 5.74) is 0. The van der Waals surface area contributed by atoms with Crippen LogP contribution < -0.4 is 0 Å². The molecule has 1 aromatic rings. The Hall–Kier alpha value is -0.710. The lowest BCUT2D eigenvalue weighted by Gasteiger charge is -2.33. The molecule has 10 heteroatoms. The van der Waals surface area contributed by atoms with Crippen LogP contribution in [0.1, 0.15) is 19.3 Å². The smallest absolute Gasteiger partial charge is 0.252 e. The Bertz CT molecular complexity index is 710. The van der Waals surface area contributed by atoms with Gasteiger partial charge in [0.05, 0.1) is 30.1 Å². The number of sulfonamides is 1. The second-order valence-electron chi connectivity index (χ2n) is 6.30. The van der Waals surface area contributed by atoms with Gasteiger partial charge >= 0.3 is 0 Å². The van der Waals surface area contributed by atoms with Crippen LogP contribution in [0.5, 0.6) is 0 Å². The van der Waals surface area contributed by atoms with Crippen LogP contribution in [-0.4, -0.2) is 75.6 Å². The molecular weight excluding hydrogens is 400 g/mol. The summed E-state index contributed by atoms with van der Waals surface area (Å²) in [6, 6.07) is 3.10. The summed E-state index contributed by atoms with van der Waals surface area (Å²) in [5, 5.41) is 0. The van der Waals surface area contributed by atoms with E-state index in [0.717, 1.165) is 30.8 Å².